The lowest BCUT2D eigenvalue weighted by atomic mass is 9.80. The molecule has 0 spiro atoms. The topological polar surface area (TPSA) is 20.2 Å². The maximum absolute atomic E-state index is 10.4. The Balaban J connectivity index is 2.02. The van der Waals surface area contributed by atoms with Gasteiger partial charge in [-0.2, -0.15) is 0 Å². The molecule has 0 aromatic carbocycles. The highest BCUT2D eigenvalue weighted by atomic mass is 16.3. The lowest BCUT2D eigenvalue weighted by Gasteiger charge is -2.29. The molecule has 1 atom stereocenters. The number of hydrogen-bond donors (Lipinski definition) is 1. The fraction of sp³-hybridized carbons (Fsp3) is 0.714. The van der Waals surface area contributed by atoms with Crippen molar-refractivity contribution in [3.05, 3.63) is 23.3 Å². The van der Waals surface area contributed by atoms with Crippen molar-refractivity contribution in [2.45, 2.75) is 58.0 Å². The third-order valence-electron chi connectivity index (χ3n) is 3.85. The summed E-state index contributed by atoms with van der Waals surface area (Å²) in [5, 5.41) is 10.4. The third kappa shape index (κ3) is 2.52. The first-order valence-corrected chi connectivity index (χ1v) is 6.34. The molecule has 15 heavy (non-hydrogen) atoms. The summed E-state index contributed by atoms with van der Waals surface area (Å²) in [7, 11) is 0. The number of hydrogen-bond acceptors (Lipinski definition) is 1. The van der Waals surface area contributed by atoms with Crippen molar-refractivity contribution in [2.75, 3.05) is 0 Å². The van der Waals surface area contributed by atoms with E-state index < -0.39 is 0 Å². The first-order valence-electron chi connectivity index (χ1n) is 6.34. The van der Waals surface area contributed by atoms with Crippen molar-refractivity contribution < 1.29 is 5.11 Å². The van der Waals surface area contributed by atoms with Gasteiger partial charge in [-0.3, -0.25) is 0 Å². The van der Waals surface area contributed by atoms with Crippen LogP contribution in [0.1, 0.15) is 51.9 Å². The molecule has 2 aliphatic rings. The van der Waals surface area contributed by atoms with Crippen LogP contribution in [0.4, 0.5) is 0 Å². The van der Waals surface area contributed by atoms with Crippen LogP contribution < -0.4 is 0 Å². The number of aliphatic hydroxyl groups is 1. The van der Waals surface area contributed by atoms with E-state index in [1.165, 1.54) is 43.3 Å². The molecule has 0 aliphatic heterocycles. The van der Waals surface area contributed by atoms with Crippen LogP contribution in [0.25, 0.3) is 0 Å². The van der Waals surface area contributed by atoms with E-state index in [-0.39, 0.29) is 6.10 Å². The zero-order chi connectivity index (χ0) is 10.7. The molecule has 0 radical (unpaired) electrons. The van der Waals surface area contributed by atoms with E-state index in [4.69, 9.17) is 0 Å². The maximum Gasteiger partial charge on any atom is 0.0817 e. The Morgan fingerprint density at radius 3 is 2.47 bits per heavy atom. The minimum atomic E-state index is -0.193. The minimum absolute atomic E-state index is 0.193. The molecule has 1 N–H and O–H groups in total. The normalized spacial score (nSPS) is 25.7. The fourth-order valence-corrected chi connectivity index (χ4v) is 2.88. The molecule has 0 bridgehead atoms. The fourth-order valence-electron chi connectivity index (χ4n) is 2.88. The van der Waals surface area contributed by atoms with Gasteiger partial charge in [0.15, 0.2) is 0 Å². The molecule has 0 saturated heterocycles. The summed E-state index contributed by atoms with van der Waals surface area (Å²) in [6, 6.07) is 0. The highest BCUT2D eigenvalue weighted by Crippen LogP contribution is 2.33. The van der Waals surface area contributed by atoms with Gasteiger partial charge in [0.1, 0.15) is 0 Å². The molecular weight excluding hydrogens is 184 g/mol. The van der Waals surface area contributed by atoms with Gasteiger partial charge >= 0.3 is 0 Å². The van der Waals surface area contributed by atoms with Crippen molar-refractivity contribution in [3.8, 4) is 0 Å². The number of allylic oxidation sites excluding steroid dienone is 2. The first-order chi connectivity index (χ1) is 7.29. The molecular formula is C14H22O. The largest absolute Gasteiger partial charge is 0.388 e. The van der Waals surface area contributed by atoms with Crippen LogP contribution >= 0.6 is 0 Å². The van der Waals surface area contributed by atoms with E-state index in [2.05, 4.69) is 19.1 Å². The quantitative estimate of drug-likeness (QED) is 0.732. The van der Waals surface area contributed by atoms with Crippen molar-refractivity contribution in [2.24, 2.45) is 5.92 Å². The van der Waals surface area contributed by atoms with Gasteiger partial charge in [-0.15, -0.1) is 0 Å². The predicted octanol–water partition coefficient (Wildman–Crippen LogP) is 3.59. The van der Waals surface area contributed by atoms with Crippen LogP contribution in [0.5, 0.6) is 0 Å². The molecule has 0 amide bonds. The van der Waals surface area contributed by atoms with Crippen LogP contribution in [0, 0.1) is 5.92 Å². The van der Waals surface area contributed by atoms with E-state index in [9.17, 15) is 5.11 Å². The smallest absolute Gasteiger partial charge is 0.0817 e. The highest BCUT2D eigenvalue weighted by molar-refractivity contribution is 5.35. The van der Waals surface area contributed by atoms with Gasteiger partial charge in [0.05, 0.1) is 6.10 Å². The first kappa shape index (κ1) is 10.9. The monoisotopic (exact) mass is 206 g/mol. The van der Waals surface area contributed by atoms with Gasteiger partial charge in [0.25, 0.3) is 0 Å². The summed E-state index contributed by atoms with van der Waals surface area (Å²) in [6.07, 6.45) is 13.0. The summed E-state index contributed by atoms with van der Waals surface area (Å²) in [4.78, 5) is 0. The number of rotatable bonds is 2. The van der Waals surface area contributed by atoms with Gasteiger partial charge < -0.3 is 5.11 Å². The third-order valence-corrected chi connectivity index (χ3v) is 3.85. The van der Waals surface area contributed by atoms with Crippen LogP contribution in [0.2, 0.25) is 0 Å². The lowest BCUT2D eigenvalue weighted by molar-refractivity contribution is 0.116. The zero-order valence-corrected chi connectivity index (χ0v) is 9.71. The predicted molar refractivity (Wildman–Crippen MR) is 63.7 cm³/mol. The van der Waals surface area contributed by atoms with Crippen LogP contribution in [-0.2, 0) is 0 Å². The maximum atomic E-state index is 10.4. The summed E-state index contributed by atoms with van der Waals surface area (Å²) in [5.41, 5.74) is 2.52. The zero-order valence-electron chi connectivity index (χ0n) is 9.71. The summed E-state index contributed by atoms with van der Waals surface area (Å²) >= 11 is 0. The van der Waals surface area contributed by atoms with Crippen molar-refractivity contribution in [1.82, 2.24) is 0 Å². The summed E-state index contributed by atoms with van der Waals surface area (Å²) in [5.74, 6) is 0.520. The molecule has 1 heteroatoms. The number of aliphatic hydroxyl groups excluding tert-OH is 1. The molecule has 1 unspecified atom stereocenters. The molecule has 2 aliphatic carbocycles. The average molecular weight is 206 g/mol. The second kappa shape index (κ2) is 4.98. The molecule has 1 saturated carbocycles. The second-order valence-electron chi connectivity index (χ2n) is 4.97. The SMILES string of the molecule is CC1=CCCC=C1C(O)C1CCCCC1. The Bertz CT molecular complexity index is 269. The molecule has 0 aromatic heterocycles. The molecule has 0 heterocycles. The Morgan fingerprint density at radius 1 is 1.13 bits per heavy atom. The van der Waals surface area contributed by atoms with E-state index in [0.717, 1.165) is 12.8 Å². The highest BCUT2D eigenvalue weighted by Gasteiger charge is 2.25. The van der Waals surface area contributed by atoms with Crippen molar-refractivity contribution in [3.63, 3.8) is 0 Å². The molecule has 1 nitrogen and oxygen atoms in total. The lowest BCUT2D eigenvalue weighted by Crippen LogP contribution is -2.26. The van der Waals surface area contributed by atoms with E-state index in [0.29, 0.717) is 5.92 Å². The Kier molecular flexibility index (Phi) is 3.63. The molecule has 1 fully saturated rings. The van der Waals surface area contributed by atoms with Gasteiger partial charge in [0, 0.05) is 0 Å². The van der Waals surface area contributed by atoms with Gasteiger partial charge in [0.2, 0.25) is 0 Å². The second-order valence-corrected chi connectivity index (χ2v) is 4.97. The molecule has 2 rings (SSSR count). The molecule has 84 valence electrons. The minimum Gasteiger partial charge on any atom is -0.388 e. The van der Waals surface area contributed by atoms with E-state index in [1.807, 2.05) is 0 Å². The van der Waals surface area contributed by atoms with E-state index >= 15 is 0 Å². The Labute approximate surface area is 92.9 Å². The summed E-state index contributed by atoms with van der Waals surface area (Å²) < 4.78 is 0. The van der Waals surface area contributed by atoms with Gasteiger partial charge in [-0.1, -0.05) is 31.4 Å². The Morgan fingerprint density at radius 2 is 1.80 bits per heavy atom. The van der Waals surface area contributed by atoms with Gasteiger partial charge in [-0.25, -0.2) is 0 Å². The van der Waals surface area contributed by atoms with Crippen molar-refractivity contribution in [1.29, 1.82) is 0 Å². The van der Waals surface area contributed by atoms with Crippen LogP contribution in [0.3, 0.4) is 0 Å². The van der Waals surface area contributed by atoms with Crippen LogP contribution in [0.15, 0.2) is 23.3 Å². The van der Waals surface area contributed by atoms with Gasteiger partial charge in [-0.05, 0) is 49.7 Å². The summed E-state index contributed by atoms with van der Waals surface area (Å²) in [6.45, 7) is 2.14. The Hall–Kier alpha value is -0.560. The van der Waals surface area contributed by atoms with E-state index in [1.54, 1.807) is 0 Å². The average Bonchev–Trinajstić information content (AvgIpc) is 2.30. The standard InChI is InChI=1S/C14H22O/c1-11-7-5-6-10-13(11)14(15)12-8-3-2-4-9-12/h7,10,12,14-15H,2-6,8-9H2,1H3. The molecule has 0 aromatic rings. The van der Waals surface area contributed by atoms with Crippen LogP contribution in [-0.4, -0.2) is 11.2 Å². The van der Waals surface area contributed by atoms with Crippen molar-refractivity contribution >= 4 is 0 Å².